The van der Waals surface area contributed by atoms with Gasteiger partial charge in [-0.15, -0.1) is 0 Å². The van der Waals surface area contributed by atoms with Crippen LogP contribution in [0, 0.1) is 0 Å². The summed E-state index contributed by atoms with van der Waals surface area (Å²) in [6.07, 6.45) is 0. The minimum absolute atomic E-state index is 0.196. The Morgan fingerprint density at radius 2 is 1.03 bits per heavy atom. The number of rotatable bonds is 1. The maximum absolute atomic E-state index is 9.49. The summed E-state index contributed by atoms with van der Waals surface area (Å²) in [5, 5.41) is -0.673. The molecule has 0 atom stereocenters. The molecule has 0 radical (unpaired) electrons. The molecule has 0 saturated carbocycles. The molecule has 8 rings (SSSR count). The summed E-state index contributed by atoms with van der Waals surface area (Å²) >= 11 is 0. The molecule has 2 aliphatic rings. The van der Waals surface area contributed by atoms with Crippen LogP contribution in [-0.4, -0.2) is 11.3 Å². The van der Waals surface area contributed by atoms with Gasteiger partial charge in [0.1, 0.15) is 23.0 Å². The van der Waals surface area contributed by atoms with Crippen molar-refractivity contribution in [2.45, 2.75) is 0 Å². The van der Waals surface area contributed by atoms with Gasteiger partial charge in [0.15, 0.2) is 0 Å². The van der Waals surface area contributed by atoms with Crippen LogP contribution in [0.15, 0.2) is 109 Å². The van der Waals surface area contributed by atoms with E-state index in [0.29, 0.717) is 0 Å². The topological polar surface area (TPSA) is 23.4 Å². The number of hydrogen-bond acceptors (Lipinski definition) is 2. The number of nitrogens with zero attached hydrogens (tertiary/aromatic N) is 1. The summed E-state index contributed by atoms with van der Waals surface area (Å²) in [4.78, 5) is 0. The minimum Gasteiger partial charge on any atom is -0.458 e. The zero-order chi connectivity index (χ0) is 37.9. The summed E-state index contributed by atoms with van der Waals surface area (Å²) in [7, 11) is 0. The molecule has 0 amide bonds. The lowest BCUT2D eigenvalue weighted by atomic mass is 9.35. The fraction of sp³-hybridized carbons (Fsp3) is 0. The van der Waals surface area contributed by atoms with Crippen molar-refractivity contribution < 1.29 is 34.1 Å². The van der Waals surface area contributed by atoms with Crippen molar-refractivity contribution in [1.29, 1.82) is 0 Å². The van der Waals surface area contributed by atoms with E-state index in [9.17, 15) is 2.74 Å². The predicted octanol–water partition coefficient (Wildman–Crippen LogP) is 5.51. The monoisotopic (exact) mass is 453 g/mol. The average molecular weight is 453 g/mol. The van der Waals surface area contributed by atoms with Crippen LogP contribution >= 0.6 is 0 Å². The number of ether oxygens (including phenoxy) is 2. The first-order chi connectivity index (χ1) is 24.4. The van der Waals surface area contributed by atoms with E-state index in [0.717, 1.165) is 4.57 Å². The molecule has 158 valence electrons. The summed E-state index contributed by atoms with van der Waals surface area (Å²) < 4.78 is 169. The Hall–Kier alpha value is -4.44. The third kappa shape index (κ3) is 2.32. The SMILES string of the molecule is [2H]c1c([2H])c([2H])c2c(c1[2H])Oc1c([2H])c(-n3c4c([2H])c([2H])c([2H])c([2H])c4c4c([2H])c([2H])c([2H])c([2H])c43)c([2H])c3c1B2c1c([2H])c([2H])c([2H])c([2H])c1O3. The summed E-state index contributed by atoms with van der Waals surface area (Å²) in [5.74, 6) is -1.95. The standard InChI is InChI=1S/C30H18BNO2/c1-5-13-24-20(9-1)21-10-2-6-14-25(21)32(24)19-17-28-30-29(18-19)34-27-16-8-4-12-23(27)31(30)22-11-3-7-15-26(22)33-28/h1-18H/i1D,2D,3D,4D,5D,6D,7D,8D,9D,10D,11D,12D,13D,14D,15D,16D,17D,18D. The van der Waals surface area contributed by atoms with Crippen LogP contribution in [0.4, 0.5) is 0 Å². The molecule has 2 aliphatic heterocycles. The molecule has 0 bridgehead atoms. The van der Waals surface area contributed by atoms with Crippen molar-refractivity contribution in [3.63, 3.8) is 0 Å². The lowest BCUT2D eigenvalue weighted by molar-refractivity contribution is 0.464. The molecule has 0 aliphatic carbocycles. The van der Waals surface area contributed by atoms with Crippen LogP contribution in [0.25, 0.3) is 27.5 Å². The Bertz CT molecular complexity index is 2570. The van der Waals surface area contributed by atoms with E-state index in [4.69, 9.17) is 31.4 Å². The molecule has 6 aromatic rings. The summed E-state index contributed by atoms with van der Waals surface area (Å²) in [6.45, 7) is -1.49. The van der Waals surface area contributed by atoms with Crippen LogP contribution in [0.3, 0.4) is 0 Å². The largest absolute Gasteiger partial charge is 0.458 e. The molecule has 0 unspecified atom stereocenters. The first kappa shape index (κ1) is 8.10. The van der Waals surface area contributed by atoms with Gasteiger partial charge in [-0.25, -0.2) is 0 Å². The lowest BCUT2D eigenvalue weighted by Crippen LogP contribution is -2.57. The summed E-state index contributed by atoms with van der Waals surface area (Å²) in [5.41, 5.74) is -2.11. The second-order valence-corrected chi connectivity index (χ2v) is 7.58. The smallest absolute Gasteiger partial charge is 0.260 e. The van der Waals surface area contributed by atoms with E-state index in [1.807, 2.05) is 0 Å². The van der Waals surface area contributed by atoms with Gasteiger partial charge < -0.3 is 14.0 Å². The molecular weight excluding hydrogens is 417 g/mol. The lowest BCUT2D eigenvalue weighted by Gasteiger charge is -2.33. The van der Waals surface area contributed by atoms with E-state index < -0.39 is 155 Å². The fourth-order valence-electron chi connectivity index (χ4n) is 4.49. The maximum atomic E-state index is 9.49. The number of benzene rings is 5. The van der Waals surface area contributed by atoms with Crippen LogP contribution in [-0.2, 0) is 0 Å². The average Bonchev–Trinajstić information content (AvgIpc) is 3.48. The molecule has 0 N–H and O–H groups in total. The van der Waals surface area contributed by atoms with Crippen molar-refractivity contribution >= 4 is 44.9 Å². The van der Waals surface area contributed by atoms with Crippen LogP contribution in [0.1, 0.15) is 24.7 Å². The second-order valence-electron chi connectivity index (χ2n) is 7.58. The molecule has 4 heteroatoms. The van der Waals surface area contributed by atoms with Crippen LogP contribution < -0.4 is 25.9 Å². The minimum atomic E-state index is -1.49. The molecule has 3 heterocycles. The van der Waals surface area contributed by atoms with Crippen molar-refractivity contribution in [2.75, 3.05) is 0 Å². The molecule has 0 fully saturated rings. The fourth-order valence-corrected chi connectivity index (χ4v) is 4.49. The van der Waals surface area contributed by atoms with Crippen molar-refractivity contribution in [3.05, 3.63) is 109 Å². The third-order valence-corrected chi connectivity index (χ3v) is 5.84. The molecule has 34 heavy (non-hydrogen) atoms. The van der Waals surface area contributed by atoms with Gasteiger partial charge in [0.25, 0.3) is 6.71 Å². The third-order valence-electron chi connectivity index (χ3n) is 5.84. The predicted molar refractivity (Wildman–Crippen MR) is 138 cm³/mol. The van der Waals surface area contributed by atoms with E-state index >= 15 is 0 Å². The Balaban J connectivity index is 1.63. The Morgan fingerprint density at radius 3 is 1.59 bits per heavy atom. The van der Waals surface area contributed by atoms with Gasteiger partial charge in [-0.1, -0.05) is 72.5 Å². The van der Waals surface area contributed by atoms with Crippen LogP contribution in [0.2, 0.25) is 0 Å². The first-order valence-electron chi connectivity index (χ1n) is 19.1. The zero-order valence-corrected chi connectivity index (χ0v) is 16.8. The van der Waals surface area contributed by atoms with Gasteiger partial charge in [-0.2, -0.15) is 0 Å². The zero-order valence-electron chi connectivity index (χ0n) is 34.8. The Kier molecular flexibility index (Phi) is 1.56. The highest BCUT2D eigenvalue weighted by Gasteiger charge is 2.40. The van der Waals surface area contributed by atoms with E-state index in [1.165, 1.54) is 0 Å². The molecular formula is C30H18BNO2. The van der Waals surface area contributed by atoms with Gasteiger partial charge in [-0.3, -0.25) is 0 Å². The van der Waals surface area contributed by atoms with E-state index in [1.54, 1.807) is 0 Å². The molecule has 0 saturated heterocycles. The molecule has 5 aromatic carbocycles. The Labute approximate surface area is 222 Å². The molecule has 0 spiro atoms. The Morgan fingerprint density at radius 1 is 0.559 bits per heavy atom. The van der Waals surface area contributed by atoms with Gasteiger partial charge in [0.05, 0.1) is 41.4 Å². The van der Waals surface area contributed by atoms with E-state index in [-0.39, 0.29) is 27.2 Å². The normalized spacial score (nSPS) is 20.5. The van der Waals surface area contributed by atoms with Gasteiger partial charge in [0.2, 0.25) is 0 Å². The first-order valence-corrected chi connectivity index (χ1v) is 10.1. The highest BCUT2D eigenvalue weighted by atomic mass is 16.5. The number of aromatic nitrogens is 1. The maximum Gasteiger partial charge on any atom is 0.260 e. The van der Waals surface area contributed by atoms with Crippen LogP contribution in [0.5, 0.6) is 23.0 Å². The van der Waals surface area contributed by atoms with Gasteiger partial charge in [-0.05, 0) is 35.1 Å². The van der Waals surface area contributed by atoms with Crippen molar-refractivity contribution in [2.24, 2.45) is 0 Å². The summed E-state index contributed by atoms with van der Waals surface area (Å²) in [6, 6.07) is -12.5. The van der Waals surface area contributed by atoms with Gasteiger partial charge >= 0.3 is 0 Å². The van der Waals surface area contributed by atoms with Crippen molar-refractivity contribution in [3.8, 4) is 28.7 Å². The highest BCUT2D eigenvalue weighted by molar-refractivity contribution is 6.98. The molecule has 3 nitrogen and oxygen atoms in total. The molecule has 1 aromatic heterocycles. The van der Waals surface area contributed by atoms with Crippen molar-refractivity contribution in [1.82, 2.24) is 4.57 Å². The van der Waals surface area contributed by atoms with Gasteiger partial charge in [0, 0.05) is 28.3 Å². The number of para-hydroxylation sites is 4. The second kappa shape index (κ2) is 6.55. The quantitative estimate of drug-likeness (QED) is 0.306. The number of fused-ring (bicyclic) bond motifs is 7. The van der Waals surface area contributed by atoms with E-state index in [2.05, 4.69) is 0 Å². The highest BCUT2D eigenvalue weighted by Crippen LogP contribution is 2.39. The number of hydrogen-bond donors (Lipinski definition) is 0.